The summed E-state index contributed by atoms with van der Waals surface area (Å²) in [6, 6.07) is 5.61. The molecule has 0 aromatic heterocycles. The molecule has 0 aliphatic heterocycles. The highest BCUT2D eigenvalue weighted by molar-refractivity contribution is 6.19. The minimum Gasteiger partial charge on any atom is -0.497 e. The third kappa shape index (κ3) is 3.24. The first-order chi connectivity index (χ1) is 7.95. The molecule has 4 heteroatoms. The van der Waals surface area contributed by atoms with Crippen LogP contribution in [0.25, 0.3) is 5.57 Å². The second-order valence-corrected chi connectivity index (χ2v) is 4.05. The highest BCUT2D eigenvalue weighted by atomic mass is 16.5. The van der Waals surface area contributed by atoms with Crippen LogP contribution >= 0.6 is 0 Å². The molecule has 1 amide bonds. The molecule has 0 unspecified atom stereocenters. The van der Waals surface area contributed by atoms with Gasteiger partial charge < -0.3 is 15.8 Å². The number of hydrogen-bond acceptors (Lipinski definition) is 3. The van der Waals surface area contributed by atoms with Gasteiger partial charge >= 0.3 is 0 Å². The fraction of sp³-hybridized carbons (Fsp3) is 0.308. The maximum atomic E-state index is 11.2. The van der Waals surface area contributed by atoms with E-state index in [0.717, 1.165) is 5.69 Å². The van der Waals surface area contributed by atoms with E-state index in [2.05, 4.69) is 11.9 Å². The fourth-order valence-corrected chi connectivity index (χ4v) is 1.48. The Hall–Kier alpha value is -1.97. The first-order valence-corrected chi connectivity index (χ1v) is 5.39. The molecule has 0 bridgehead atoms. The summed E-state index contributed by atoms with van der Waals surface area (Å²) < 4.78 is 5.15. The average molecular weight is 234 g/mol. The maximum Gasteiger partial charge on any atom is 0.248 e. The molecule has 3 N–H and O–H groups in total. The molecule has 0 radical (unpaired) electrons. The predicted octanol–water partition coefficient (Wildman–Crippen LogP) is 2.01. The zero-order chi connectivity index (χ0) is 13.0. The molecule has 0 saturated carbocycles. The minimum absolute atomic E-state index is 0.238. The number of anilines is 1. The Balaban J connectivity index is 3.19. The van der Waals surface area contributed by atoms with Gasteiger partial charge in [-0.15, -0.1) is 0 Å². The van der Waals surface area contributed by atoms with E-state index in [1.54, 1.807) is 19.2 Å². The number of ether oxygens (including phenoxy) is 1. The van der Waals surface area contributed by atoms with E-state index >= 15 is 0 Å². The molecule has 17 heavy (non-hydrogen) atoms. The fourth-order valence-electron chi connectivity index (χ4n) is 1.48. The molecule has 0 fully saturated rings. The molecule has 0 aliphatic rings. The maximum absolute atomic E-state index is 11.2. The van der Waals surface area contributed by atoms with Gasteiger partial charge in [-0.05, 0) is 26.0 Å². The Bertz CT molecular complexity index is 439. The van der Waals surface area contributed by atoms with Gasteiger partial charge in [-0.25, -0.2) is 0 Å². The predicted molar refractivity (Wildman–Crippen MR) is 70.0 cm³/mol. The van der Waals surface area contributed by atoms with Gasteiger partial charge in [-0.3, -0.25) is 4.79 Å². The summed E-state index contributed by atoms with van der Waals surface area (Å²) in [6.07, 6.45) is 0. The van der Waals surface area contributed by atoms with Crippen molar-refractivity contribution >= 4 is 17.2 Å². The number of carbonyl (C=O) groups excluding carboxylic acids is 1. The van der Waals surface area contributed by atoms with Crippen molar-refractivity contribution in [3.8, 4) is 5.75 Å². The lowest BCUT2D eigenvalue weighted by Gasteiger charge is -2.16. The molecular formula is C13H18N2O2. The van der Waals surface area contributed by atoms with Crippen LogP contribution in [-0.2, 0) is 4.79 Å². The lowest BCUT2D eigenvalue weighted by Crippen LogP contribution is -2.16. The third-order valence-corrected chi connectivity index (χ3v) is 2.29. The number of nitrogens with one attached hydrogen (secondary N) is 1. The third-order valence-electron chi connectivity index (χ3n) is 2.29. The van der Waals surface area contributed by atoms with Crippen molar-refractivity contribution in [2.45, 2.75) is 19.9 Å². The summed E-state index contributed by atoms with van der Waals surface area (Å²) in [5.74, 6) is 0.191. The van der Waals surface area contributed by atoms with E-state index in [-0.39, 0.29) is 11.6 Å². The van der Waals surface area contributed by atoms with Gasteiger partial charge in [0, 0.05) is 28.9 Å². The summed E-state index contributed by atoms with van der Waals surface area (Å²) in [6.45, 7) is 7.71. The number of carbonyl (C=O) groups is 1. The van der Waals surface area contributed by atoms with Crippen LogP contribution in [0.15, 0.2) is 24.8 Å². The Morgan fingerprint density at radius 1 is 1.47 bits per heavy atom. The summed E-state index contributed by atoms with van der Waals surface area (Å²) in [4.78, 5) is 11.2. The summed E-state index contributed by atoms with van der Waals surface area (Å²) in [5.41, 5.74) is 7.02. The van der Waals surface area contributed by atoms with Crippen molar-refractivity contribution in [3.05, 3.63) is 30.3 Å². The topological polar surface area (TPSA) is 64.4 Å². The van der Waals surface area contributed by atoms with Gasteiger partial charge in [0.05, 0.1) is 7.11 Å². The molecule has 92 valence electrons. The molecule has 0 aliphatic carbocycles. The number of methoxy groups -OCH3 is 1. The lowest BCUT2D eigenvalue weighted by molar-refractivity contribution is -0.112. The second-order valence-electron chi connectivity index (χ2n) is 4.05. The van der Waals surface area contributed by atoms with Crippen LogP contribution in [0.1, 0.15) is 19.4 Å². The van der Waals surface area contributed by atoms with Gasteiger partial charge in [-0.1, -0.05) is 6.58 Å². The molecular weight excluding hydrogens is 216 g/mol. The number of hydrogen-bond donors (Lipinski definition) is 2. The monoisotopic (exact) mass is 234 g/mol. The van der Waals surface area contributed by atoms with E-state index in [1.807, 2.05) is 19.9 Å². The minimum atomic E-state index is -0.526. The van der Waals surface area contributed by atoms with Gasteiger partial charge in [0.25, 0.3) is 0 Å². The van der Waals surface area contributed by atoms with Gasteiger partial charge in [0.15, 0.2) is 0 Å². The number of nitrogens with two attached hydrogens (primary N) is 1. The highest BCUT2D eigenvalue weighted by Gasteiger charge is 2.12. The lowest BCUT2D eigenvalue weighted by atomic mass is 10.0. The van der Waals surface area contributed by atoms with Crippen molar-refractivity contribution in [3.63, 3.8) is 0 Å². The SMILES string of the molecule is C=C(C(N)=O)c1ccc(OC)cc1NC(C)C. The van der Waals surface area contributed by atoms with Crippen LogP contribution < -0.4 is 15.8 Å². The standard InChI is InChI=1S/C13H18N2O2/c1-8(2)15-12-7-10(17-4)5-6-11(12)9(3)13(14)16/h5-8,15H,3H2,1-2,4H3,(H2,14,16). The van der Waals surface area contributed by atoms with Gasteiger partial charge in [0.1, 0.15) is 5.75 Å². The molecule has 0 spiro atoms. The van der Waals surface area contributed by atoms with Crippen molar-refractivity contribution in [2.75, 3.05) is 12.4 Å². The van der Waals surface area contributed by atoms with Crippen LogP contribution in [0, 0.1) is 0 Å². The van der Waals surface area contributed by atoms with Gasteiger partial charge in [0.2, 0.25) is 5.91 Å². The van der Waals surface area contributed by atoms with Crippen LogP contribution in [0.2, 0.25) is 0 Å². The molecule has 0 saturated heterocycles. The molecule has 0 atom stereocenters. The van der Waals surface area contributed by atoms with Crippen molar-refractivity contribution in [2.24, 2.45) is 5.73 Å². The number of rotatable bonds is 5. The number of primary amides is 1. The second kappa shape index (κ2) is 5.39. The van der Waals surface area contributed by atoms with Gasteiger partial charge in [-0.2, -0.15) is 0 Å². The Labute approximate surface area is 101 Å². The van der Waals surface area contributed by atoms with E-state index < -0.39 is 5.91 Å². The van der Waals surface area contributed by atoms with Crippen LogP contribution in [0.4, 0.5) is 5.69 Å². The smallest absolute Gasteiger partial charge is 0.248 e. The van der Waals surface area contributed by atoms with Crippen molar-refractivity contribution < 1.29 is 9.53 Å². The molecule has 1 aromatic rings. The molecule has 1 aromatic carbocycles. The van der Waals surface area contributed by atoms with Crippen molar-refractivity contribution in [1.29, 1.82) is 0 Å². The first kappa shape index (κ1) is 13.1. The van der Waals surface area contributed by atoms with E-state index in [0.29, 0.717) is 11.3 Å². The average Bonchev–Trinajstić information content (AvgIpc) is 2.27. The number of amides is 1. The quantitative estimate of drug-likeness (QED) is 0.766. The highest BCUT2D eigenvalue weighted by Crippen LogP contribution is 2.27. The van der Waals surface area contributed by atoms with E-state index in [9.17, 15) is 4.79 Å². The normalized spacial score (nSPS) is 10.1. The van der Waals surface area contributed by atoms with Crippen LogP contribution in [0.3, 0.4) is 0 Å². The molecule has 4 nitrogen and oxygen atoms in total. The Kier molecular flexibility index (Phi) is 4.15. The van der Waals surface area contributed by atoms with E-state index in [1.165, 1.54) is 0 Å². The van der Waals surface area contributed by atoms with Crippen molar-refractivity contribution in [1.82, 2.24) is 0 Å². The summed E-state index contributed by atoms with van der Waals surface area (Å²) >= 11 is 0. The van der Waals surface area contributed by atoms with Crippen LogP contribution in [0.5, 0.6) is 5.75 Å². The summed E-state index contributed by atoms with van der Waals surface area (Å²) in [5, 5.41) is 3.24. The molecule has 0 heterocycles. The zero-order valence-electron chi connectivity index (χ0n) is 10.4. The number of benzene rings is 1. The van der Waals surface area contributed by atoms with E-state index in [4.69, 9.17) is 10.5 Å². The van der Waals surface area contributed by atoms with Crippen LogP contribution in [-0.4, -0.2) is 19.1 Å². The largest absolute Gasteiger partial charge is 0.497 e. The Morgan fingerprint density at radius 2 is 2.12 bits per heavy atom. The zero-order valence-corrected chi connectivity index (χ0v) is 10.4. The molecule has 1 rings (SSSR count). The summed E-state index contributed by atoms with van der Waals surface area (Å²) in [7, 11) is 1.59. The Morgan fingerprint density at radius 3 is 2.59 bits per heavy atom. The first-order valence-electron chi connectivity index (χ1n) is 5.39.